The second-order valence-electron chi connectivity index (χ2n) is 8.36. The Morgan fingerprint density at radius 3 is 2.51 bits per heavy atom. The van der Waals surface area contributed by atoms with E-state index in [1.807, 2.05) is 0 Å². The van der Waals surface area contributed by atoms with Crippen LogP contribution in [-0.4, -0.2) is 58.6 Å². The molecule has 1 N–H and O–H groups in total. The Bertz CT molecular complexity index is 1380. The third kappa shape index (κ3) is 4.18. The van der Waals surface area contributed by atoms with Crippen LogP contribution in [0.3, 0.4) is 0 Å². The molecule has 2 aliphatic heterocycles. The van der Waals surface area contributed by atoms with Crippen molar-refractivity contribution in [1.82, 2.24) is 19.7 Å². The van der Waals surface area contributed by atoms with Crippen LogP contribution in [0.4, 0.5) is 25.0 Å². The van der Waals surface area contributed by atoms with Crippen molar-refractivity contribution < 1.29 is 23.1 Å². The highest BCUT2D eigenvalue weighted by atomic mass is 35.5. The topological polar surface area (TPSA) is 102 Å². The molecule has 10 nitrogen and oxygen atoms in total. The SMILES string of the molecule is CC(=O)NC[C@H]1CN(c2cc(F)c(N3CCn4c(=O)c5ccc(Cl)nc5n4CC3)c(F)c2)C(=O)O1. The van der Waals surface area contributed by atoms with Gasteiger partial charge in [-0.2, -0.15) is 0 Å². The number of rotatable bonds is 4. The molecule has 2 amide bonds. The third-order valence-corrected chi connectivity index (χ3v) is 6.30. The van der Waals surface area contributed by atoms with Gasteiger partial charge in [0.1, 0.15) is 16.9 Å². The minimum absolute atomic E-state index is 0.0150. The van der Waals surface area contributed by atoms with Crippen molar-refractivity contribution in [1.29, 1.82) is 0 Å². The number of benzene rings is 1. The Morgan fingerprint density at radius 1 is 1.14 bits per heavy atom. The molecule has 0 spiro atoms. The molecule has 4 heterocycles. The first-order chi connectivity index (χ1) is 16.7. The number of hydrogen-bond acceptors (Lipinski definition) is 6. The van der Waals surface area contributed by atoms with E-state index in [1.165, 1.54) is 16.5 Å². The summed E-state index contributed by atoms with van der Waals surface area (Å²) >= 11 is 6.00. The number of carbonyl (C=O) groups is 2. The van der Waals surface area contributed by atoms with Crippen LogP contribution in [0.25, 0.3) is 11.0 Å². The summed E-state index contributed by atoms with van der Waals surface area (Å²) in [6, 6.07) is 5.31. The van der Waals surface area contributed by atoms with Crippen LogP contribution in [0.1, 0.15) is 6.92 Å². The van der Waals surface area contributed by atoms with Gasteiger partial charge in [-0.05, 0) is 12.1 Å². The zero-order valence-electron chi connectivity index (χ0n) is 18.6. The Hall–Kier alpha value is -3.67. The summed E-state index contributed by atoms with van der Waals surface area (Å²) in [5, 5.41) is 3.22. The smallest absolute Gasteiger partial charge is 0.414 e. The van der Waals surface area contributed by atoms with Gasteiger partial charge in [-0.25, -0.2) is 23.2 Å². The van der Waals surface area contributed by atoms with Gasteiger partial charge >= 0.3 is 6.09 Å². The van der Waals surface area contributed by atoms with E-state index in [4.69, 9.17) is 16.3 Å². The van der Waals surface area contributed by atoms with E-state index in [0.29, 0.717) is 11.0 Å². The van der Waals surface area contributed by atoms with Crippen molar-refractivity contribution in [3.05, 3.63) is 51.4 Å². The number of ether oxygens (including phenoxy) is 1. The number of nitrogens with one attached hydrogen (secondary N) is 1. The van der Waals surface area contributed by atoms with Gasteiger partial charge in [0, 0.05) is 32.1 Å². The van der Waals surface area contributed by atoms with Crippen molar-refractivity contribution in [2.75, 3.05) is 36.0 Å². The zero-order valence-corrected chi connectivity index (χ0v) is 19.4. The number of nitrogens with zero attached hydrogens (tertiary/aromatic N) is 5. The molecule has 1 aromatic carbocycles. The molecule has 13 heteroatoms. The summed E-state index contributed by atoms with van der Waals surface area (Å²) in [5.74, 6) is -1.97. The first kappa shape index (κ1) is 23.1. The Balaban J connectivity index is 1.38. The lowest BCUT2D eigenvalue weighted by Crippen LogP contribution is -2.33. The van der Waals surface area contributed by atoms with Crippen molar-refractivity contribution in [2.24, 2.45) is 0 Å². The van der Waals surface area contributed by atoms with Gasteiger partial charge in [-0.1, -0.05) is 11.6 Å². The molecule has 0 aliphatic carbocycles. The molecule has 3 aromatic rings. The lowest BCUT2D eigenvalue weighted by atomic mass is 10.2. The van der Waals surface area contributed by atoms with Crippen LogP contribution in [0, 0.1) is 11.6 Å². The highest BCUT2D eigenvalue weighted by molar-refractivity contribution is 6.29. The van der Waals surface area contributed by atoms with E-state index in [0.717, 1.165) is 17.0 Å². The van der Waals surface area contributed by atoms with E-state index in [2.05, 4.69) is 10.3 Å². The largest absolute Gasteiger partial charge is 0.442 e. The van der Waals surface area contributed by atoms with Crippen LogP contribution < -0.4 is 20.7 Å². The molecule has 0 radical (unpaired) electrons. The van der Waals surface area contributed by atoms with Crippen molar-refractivity contribution in [2.45, 2.75) is 26.1 Å². The molecule has 35 heavy (non-hydrogen) atoms. The highest BCUT2D eigenvalue weighted by Gasteiger charge is 2.34. The predicted octanol–water partition coefficient (Wildman–Crippen LogP) is 2.11. The molecule has 184 valence electrons. The molecule has 0 saturated carbocycles. The average molecular weight is 507 g/mol. The number of anilines is 2. The van der Waals surface area contributed by atoms with Gasteiger partial charge in [0.2, 0.25) is 5.91 Å². The minimum atomic E-state index is -0.844. The quantitative estimate of drug-likeness (QED) is 0.544. The summed E-state index contributed by atoms with van der Waals surface area (Å²) < 4.78 is 38.7. The van der Waals surface area contributed by atoms with Gasteiger partial charge in [-0.3, -0.25) is 19.2 Å². The van der Waals surface area contributed by atoms with Crippen LogP contribution in [-0.2, 0) is 22.6 Å². The van der Waals surface area contributed by atoms with E-state index in [-0.39, 0.29) is 67.3 Å². The average Bonchev–Trinajstić information content (AvgIpc) is 3.19. The molecule has 1 atom stereocenters. The number of halogens is 3. The summed E-state index contributed by atoms with van der Waals surface area (Å²) in [6.45, 7) is 2.33. The van der Waals surface area contributed by atoms with Gasteiger partial charge in [-0.15, -0.1) is 0 Å². The maximum atomic E-state index is 15.2. The minimum Gasteiger partial charge on any atom is -0.442 e. The first-order valence-corrected chi connectivity index (χ1v) is 11.3. The third-order valence-electron chi connectivity index (χ3n) is 6.09. The van der Waals surface area contributed by atoms with E-state index in [1.54, 1.807) is 16.8 Å². The fourth-order valence-corrected chi connectivity index (χ4v) is 4.62. The highest BCUT2D eigenvalue weighted by Crippen LogP contribution is 2.31. The van der Waals surface area contributed by atoms with E-state index in [9.17, 15) is 14.4 Å². The standard InChI is InChI=1S/C22H21ClF2N6O4/c1-12(32)26-10-14-11-29(22(34)35-14)13-8-16(24)19(17(25)9-13)28-4-6-30-20-15(2-3-18(23)27-20)21(33)31(30)7-5-28/h2-3,8-9,14H,4-7,10-11H2,1H3,(H,26,32)/t14-/m0/s1. The number of carbonyl (C=O) groups excluding carboxylic acids is 2. The summed E-state index contributed by atoms with van der Waals surface area (Å²) in [7, 11) is 0. The molecular weight excluding hydrogens is 486 g/mol. The van der Waals surface area contributed by atoms with Gasteiger partial charge in [0.05, 0.1) is 37.3 Å². The second-order valence-corrected chi connectivity index (χ2v) is 8.74. The number of fused-ring (bicyclic) bond motifs is 3. The van der Waals surface area contributed by atoms with Crippen molar-refractivity contribution >= 4 is 46.0 Å². The van der Waals surface area contributed by atoms with Gasteiger partial charge < -0.3 is 15.0 Å². The van der Waals surface area contributed by atoms with Crippen molar-refractivity contribution in [3.63, 3.8) is 0 Å². The maximum absolute atomic E-state index is 15.2. The van der Waals surface area contributed by atoms with Crippen LogP contribution in [0.15, 0.2) is 29.1 Å². The monoisotopic (exact) mass is 506 g/mol. The fraction of sp³-hybridized carbons (Fsp3) is 0.364. The fourth-order valence-electron chi connectivity index (χ4n) is 4.47. The summed E-state index contributed by atoms with van der Waals surface area (Å²) in [4.78, 5) is 43.0. The lowest BCUT2D eigenvalue weighted by Gasteiger charge is -2.24. The zero-order chi connectivity index (χ0) is 24.9. The summed E-state index contributed by atoms with van der Waals surface area (Å²) in [5.41, 5.74) is -0.0582. The normalized spacial score (nSPS) is 17.9. The Labute approximate surface area is 202 Å². The number of hydrogen-bond donors (Lipinski definition) is 1. The molecule has 1 fully saturated rings. The second kappa shape index (κ2) is 8.84. The Kier molecular flexibility index (Phi) is 5.83. The molecule has 0 bridgehead atoms. The summed E-state index contributed by atoms with van der Waals surface area (Å²) in [6.07, 6.45) is -1.38. The number of cyclic esters (lactones) is 1. The first-order valence-electron chi connectivity index (χ1n) is 11.0. The van der Waals surface area contributed by atoms with Crippen molar-refractivity contribution in [3.8, 4) is 0 Å². The molecule has 2 aliphatic rings. The Morgan fingerprint density at radius 2 is 1.83 bits per heavy atom. The van der Waals surface area contributed by atoms with E-state index >= 15 is 8.78 Å². The van der Waals surface area contributed by atoms with E-state index < -0.39 is 23.8 Å². The molecule has 5 rings (SSSR count). The number of aromatic nitrogens is 3. The number of amides is 2. The molecule has 0 unspecified atom stereocenters. The van der Waals surface area contributed by atoms with Gasteiger partial charge in [0.15, 0.2) is 17.3 Å². The number of pyridine rings is 1. The van der Waals surface area contributed by atoms with Crippen LogP contribution in [0.2, 0.25) is 5.15 Å². The van der Waals surface area contributed by atoms with Gasteiger partial charge in [0.25, 0.3) is 5.56 Å². The predicted molar refractivity (Wildman–Crippen MR) is 124 cm³/mol. The van der Waals surface area contributed by atoms with Crippen LogP contribution in [0.5, 0.6) is 0 Å². The lowest BCUT2D eigenvalue weighted by molar-refractivity contribution is -0.119. The molecule has 2 aromatic heterocycles. The molecule has 1 saturated heterocycles. The molecular formula is C22H21ClF2N6O4. The maximum Gasteiger partial charge on any atom is 0.414 e. The van der Waals surface area contributed by atoms with Crippen LogP contribution >= 0.6 is 11.6 Å².